The fourth-order valence-electron chi connectivity index (χ4n) is 1.69. The summed E-state index contributed by atoms with van der Waals surface area (Å²) in [5.74, 6) is 1.02. The van der Waals surface area contributed by atoms with Gasteiger partial charge in [0.25, 0.3) is 0 Å². The van der Waals surface area contributed by atoms with E-state index in [0.717, 1.165) is 38.5 Å². The van der Waals surface area contributed by atoms with Crippen molar-refractivity contribution in [3.05, 3.63) is 49.0 Å². The fourth-order valence-corrected chi connectivity index (χ4v) is 1.69. The summed E-state index contributed by atoms with van der Waals surface area (Å²) < 4.78 is 5.53. The third-order valence-corrected chi connectivity index (χ3v) is 2.54. The quantitative estimate of drug-likeness (QED) is 0.666. The second kappa shape index (κ2) is 7.87. The molecule has 3 nitrogen and oxygen atoms in total. The molecule has 0 unspecified atom stereocenters. The van der Waals surface area contributed by atoms with Crippen LogP contribution >= 0.6 is 0 Å². The smallest absolute Gasteiger partial charge is 0.122 e. The van der Waals surface area contributed by atoms with Crippen molar-refractivity contribution >= 4 is 0 Å². The molecule has 0 atom stereocenters. The maximum absolute atomic E-state index is 5.53. The predicted octanol–water partition coefficient (Wildman–Crippen LogP) is 2.56. The van der Waals surface area contributed by atoms with Crippen LogP contribution in [0.5, 0.6) is 0 Å². The molecular weight excluding hydrogens is 212 g/mol. The van der Waals surface area contributed by atoms with Gasteiger partial charge in [-0.1, -0.05) is 19.1 Å². The summed E-state index contributed by atoms with van der Waals surface area (Å²) in [5.41, 5.74) is 1.23. The average molecular weight is 234 g/mol. The largest absolute Gasteiger partial charge is 0.468 e. The minimum absolute atomic E-state index is 0.797. The van der Waals surface area contributed by atoms with Crippen molar-refractivity contribution in [2.75, 3.05) is 19.6 Å². The molecule has 0 aromatic carbocycles. The van der Waals surface area contributed by atoms with Gasteiger partial charge in [0.2, 0.25) is 0 Å². The molecule has 1 rings (SSSR count). The monoisotopic (exact) mass is 234 g/mol. The van der Waals surface area contributed by atoms with Crippen LogP contribution in [0.3, 0.4) is 0 Å². The van der Waals surface area contributed by atoms with Crippen LogP contribution < -0.4 is 5.32 Å². The summed E-state index contributed by atoms with van der Waals surface area (Å²) in [7, 11) is 0. The van der Waals surface area contributed by atoms with Gasteiger partial charge < -0.3 is 9.73 Å². The van der Waals surface area contributed by atoms with Crippen molar-refractivity contribution in [2.24, 2.45) is 0 Å². The number of rotatable bonds is 9. The summed E-state index contributed by atoms with van der Waals surface area (Å²) in [6.07, 6.45) is 5.55. The lowest BCUT2D eigenvalue weighted by Crippen LogP contribution is -2.24. The van der Waals surface area contributed by atoms with Gasteiger partial charge in [-0.15, -0.1) is 13.2 Å². The van der Waals surface area contributed by atoms with Crippen molar-refractivity contribution in [3.63, 3.8) is 0 Å². The van der Waals surface area contributed by atoms with Crippen molar-refractivity contribution in [1.82, 2.24) is 10.2 Å². The summed E-state index contributed by atoms with van der Waals surface area (Å²) in [4.78, 5) is 2.23. The van der Waals surface area contributed by atoms with Gasteiger partial charge in [-0.3, -0.25) is 4.90 Å². The summed E-state index contributed by atoms with van der Waals surface area (Å²) in [5, 5.41) is 3.31. The highest BCUT2D eigenvalue weighted by atomic mass is 16.3. The molecule has 1 heterocycles. The molecule has 1 aromatic rings. The van der Waals surface area contributed by atoms with E-state index in [1.807, 2.05) is 18.2 Å². The van der Waals surface area contributed by atoms with E-state index in [9.17, 15) is 0 Å². The molecule has 94 valence electrons. The number of furan rings is 1. The Labute approximate surface area is 104 Å². The number of nitrogens with zero attached hydrogens (tertiary/aromatic N) is 1. The molecule has 0 saturated heterocycles. The second-order valence-corrected chi connectivity index (χ2v) is 3.92. The summed E-state index contributed by atoms with van der Waals surface area (Å²) in [6.45, 7) is 13.9. The van der Waals surface area contributed by atoms with Crippen LogP contribution in [-0.4, -0.2) is 24.5 Å². The highest BCUT2D eigenvalue weighted by Gasteiger charge is 2.09. The molecule has 1 N–H and O–H groups in total. The predicted molar refractivity (Wildman–Crippen MR) is 71.8 cm³/mol. The molecular formula is C14H22N2O. The Balaban J connectivity index is 2.60. The van der Waals surface area contributed by atoms with Crippen molar-refractivity contribution in [2.45, 2.75) is 20.0 Å². The van der Waals surface area contributed by atoms with E-state index >= 15 is 0 Å². The molecule has 0 saturated carbocycles. The van der Waals surface area contributed by atoms with E-state index in [1.54, 1.807) is 6.26 Å². The van der Waals surface area contributed by atoms with E-state index in [1.165, 1.54) is 5.56 Å². The Kier molecular flexibility index (Phi) is 6.37. The Hall–Kier alpha value is -1.32. The van der Waals surface area contributed by atoms with E-state index in [0.29, 0.717) is 0 Å². The maximum Gasteiger partial charge on any atom is 0.122 e. The molecule has 17 heavy (non-hydrogen) atoms. The molecule has 3 heteroatoms. The molecule has 1 aromatic heterocycles. The van der Waals surface area contributed by atoms with E-state index < -0.39 is 0 Å². The van der Waals surface area contributed by atoms with E-state index in [-0.39, 0.29) is 0 Å². The highest BCUT2D eigenvalue weighted by molar-refractivity contribution is 5.17. The van der Waals surface area contributed by atoms with Crippen LogP contribution in [0.1, 0.15) is 18.2 Å². The van der Waals surface area contributed by atoms with Gasteiger partial charge in [0, 0.05) is 25.2 Å². The van der Waals surface area contributed by atoms with Crippen LogP contribution in [0.4, 0.5) is 0 Å². The highest BCUT2D eigenvalue weighted by Crippen LogP contribution is 2.13. The third-order valence-electron chi connectivity index (χ3n) is 2.54. The van der Waals surface area contributed by atoms with Gasteiger partial charge >= 0.3 is 0 Å². The fraction of sp³-hybridized carbons (Fsp3) is 0.429. The maximum atomic E-state index is 5.53. The van der Waals surface area contributed by atoms with Crippen LogP contribution in [0.15, 0.2) is 42.1 Å². The Morgan fingerprint density at radius 1 is 1.35 bits per heavy atom. The minimum atomic E-state index is 0.797. The zero-order valence-electron chi connectivity index (χ0n) is 10.6. The number of nitrogens with one attached hydrogen (secondary N) is 1. The second-order valence-electron chi connectivity index (χ2n) is 3.92. The first-order chi connectivity index (χ1) is 8.31. The lowest BCUT2D eigenvalue weighted by Gasteiger charge is -2.17. The van der Waals surface area contributed by atoms with Gasteiger partial charge in [0.1, 0.15) is 5.76 Å². The normalized spacial score (nSPS) is 10.7. The SMILES string of the molecule is C=CCN(CC=C)Cc1occc1CNCC. The molecule has 0 amide bonds. The van der Waals surface area contributed by atoms with Crippen LogP contribution in [0.25, 0.3) is 0 Å². The Morgan fingerprint density at radius 2 is 2.06 bits per heavy atom. The lowest BCUT2D eigenvalue weighted by atomic mass is 10.2. The third kappa shape index (κ3) is 4.59. The topological polar surface area (TPSA) is 28.4 Å². The first-order valence-electron chi connectivity index (χ1n) is 6.01. The summed E-state index contributed by atoms with van der Waals surface area (Å²) in [6, 6.07) is 2.03. The van der Waals surface area contributed by atoms with Crippen LogP contribution in [0.2, 0.25) is 0 Å². The van der Waals surface area contributed by atoms with Crippen LogP contribution in [0, 0.1) is 0 Å². The van der Waals surface area contributed by atoms with Gasteiger partial charge in [-0.2, -0.15) is 0 Å². The molecule has 0 radical (unpaired) electrons. The standard InChI is InChI=1S/C14H22N2O/c1-4-8-16(9-5-2)12-14-13(7-10-17-14)11-15-6-3/h4-5,7,10,15H,1-2,6,8-9,11-12H2,3H3. The zero-order valence-corrected chi connectivity index (χ0v) is 10.6. The van der Waals surface area contributed by atoms with Crippen molar-refractivity contribution in [1.29, 1.82) is 0 Å². The van der Waals surface area contributed by atoms with Crippen molar-refractivity contribution in [3.8, 4) is 0 Å². The van der Waals surface area contributed by atoms with Gasteiger partial charge in [0.05, 0.1) is 12.8 Å². The van der Waals surface area contributed by atoms with Crippen LogP contribution in [-0.2, 0) is 13.1 Å². The Morgan fingerprint density at radius 3 is 2.65 bits per heavy atom. The zero-order chi connectivity index (χ0) is 12.5. The van der Waals surface area contributed by atoms with E-state index in [4.69, 9.17) is 4.42 Å². The minimum Gasteiger partial charge on any atom is -0.468 e. The molecule has 0 aliphatic heterocycles. The first kappa shape index (κ1) is 13.7. The molecule has 0 fully saturated rings. The lowest BCUT2D eigenvalue weighted by molar-refractivity contribution is 0.292. The molecule has 0 spiro atoms. The molecule has 0 aliphatic carbocycles. The van der Waals surface area contributed by atoms with Gasteiger partial charge in [-0.25, -0.2) is 0 Å². The number of hydrogen-bond donors (Lipinski definition) is 1. The molecule has 0 bridgehead atoms. The van der Waals surface area contributed by atoms with Gasteiger partial charge in [-0.05, 0) is 12.6 Å². The Bertz CT molecular complexity index is 334. The first-order valence-corrected chi connectivity index (χ1v) is 6.01. The van der Waals surface area contributed by atoms with Gasteiger partial charge in [0.15, 0.2) is 0 Å². The van der Waals surface area contributed by atoms with Crippen molar-refractivity contribution < 1.29 is 4.42 Å². The number of hydrogen-bond acceptors (Lipinski definition) is 3. The average Bonchev–Trinajstić information content (AvgIpc) is 2.74. The molecule has 0 aliphatic rings. The van der Waals surface area contributed by atoms with E-state index in [2.05, 4.69) is 30.3 Å². The summed E-state index contributed by atoms with van der Waals surface area (Å²) >= 11 is 0.